The smallest absolute Gasteiger partial charge is 0.191 e. The van der Waals surface area contributed by atoms with Crippen LogP contribution in [0, 0.1) is 19.7 Å². The zero-order valence-electron chi connectivity index (χ0n) is 14.2. The Balaban J connectivity index is 0.00000288. The molecule has 0 atom stereocenters. The Hall–Kier alpha value is -1.22. The molecule has 0 bridgehead atoms. The van der Waals surface area contributed by atoms with Gasteiger partial charge in [0.05, 0.1) is 11.6 Å². The lowest BCUT2D eigenvalue weighted by molar-refractivity contribution is 0.616. The molecule has 2 N–H and O–H groups in total. The molecular weight excluding hydrogens is 438 g/mol. The summed E-state index contributed by atoms with van der Waals surface area (Å²) in [6.45, 7) is 7.83. The number of thiazole rings is 1. The lowest BCUT2D eigenvalue weighted by Crippen LogP contribution is -2.38. The first kappa shape index (κ1) is 20.8. The van der Waals surface area contributed by atoms with Gasteiger partial charge in [0.1, 0.15) is 5.82 Å². The van der Waals surface area contributed by atoms with E-state index in [4.69, 9.17) is 0 Å². The van der Waals surface area contributed by atoms with E-state index in [1.165, 1.54) is 4.88 Å². The standard InChI is InChI=1S/C17H23FN4S.HI/c1-4-19-17(20-8-7-16-21-10-13(3)23-16)22-11-14-6-5-12(2)15(18)9-14;/h5-6,9-10H,4,7-8,11H2,1-3H3,(H2,19,20,22);1H. The van der Waals surface area contributed by atoms with Crippen LogP contribution >= 0.6 is 35.3 Å². The van der Waals surface area contributed by atoms with Crippen LogP contribution in [0.3, 0.4) is 0 Å². The molecule has 0 aliphatic carbocycles. The lowest BCUT2D eigenvalue weighted by Gasteiger charge is -2.10. The summed E-state index contributed by atoms with van der Waals surface area (Å²) in [7, 11) is 0. The SMILES string of the molecule is CCNC(=NCc1ccc(C)c(F)c1)NCCc1ncc(C)s1.I. The predicted octanol–water partition coefficient (Wildman–Crippen LogP) is 3.81. The minimum absolute atomic E-state index is 0. The number of hydrogen-bond acceptors (Lipinski definition) is 3. The van der Waals surface area contributed by atoms with Crippen molar-refractivity contribution in [3.63, 3.8) is 0 Å². The first-order valence-corrected chi connectivity index (χ1v) is 8.58. The zero-order valence-corrected chi connectivity index (χ0v) is 17.4. The number of benzene rings is 1. The van der Waals surface area contributed by atoms with Crippen LogP contribution in [0.25, 0.3) is 0 Å². The van der Waals surface area contributed by atoms with Gasteiger partial charge in [-0.05, 0) is 38.0 Å². The first-order chi connectivity index (χ1) is 11.1. The molecule has 0 aliphatic heterocycles. The highest BCUT2D eigenvalue weighted by molar-refractivity contribution is 14.0. The van der Waals surface area contributed by atoms with Crippen molar-refractivity contribution in [1.29, 1.82) is 0 Å². The molecule has 2 rings (SSSR count). The number of nitrogens with zero attached hydrogens (tertiary/aromatic N) is 2. The van der Waals surface area contributed by atoms with E-state index in [1.54, 1.807) is 30.4 Å². The molecule has 0 spiro atoms. The minimum atomic E-state index is -0.185. The van der Waals surface area contributed by atoms with Crippen molar-refractivity contribution in [2.45, 2.75) is 33.7 Å². The van der Waals surface area contributed by atoms with Crippen molar-refractivity contribution in [3.8, 4) is 0 Å². The van der Waals surface area contributed by atoms with Crippen LogP contribution in [0.1, 0.15) is 27.9 Å². The summed E-state index contributed by atoms with van der Waals surface area (Å²) < 4.78 is 13.6. The van der Waals surface area contributed by atoms with Crippen LogP contribution in [0.4, 0.5) is 4.39 Å². The summed E-state index contributed by atoms with van der Waals surface area (Å²) in [6, 6.07) is 5.23. The van der Waals surface area contributed by atoms with Crippen LogP contribution in [-0.2, 0) is 13.0 Å². The first-order valence-electron chi connectivity index (χ1n) is 7.77. The summed E-state index contributed by atoms with van der Waals surface area (Å²) in [5.74, 6) is 0.552. The third-order valence-corrected chi connectivity index (χ3v) is 4.27. The number of hydrogen-bond donors (Lipinski definition) is 2. The average molecular weight is 462 g/mol. The van der Waals surface area contributed by atoms with Gasteiger partial charge < -0.3 is 10.6 Å². The largest absolute Gasteiger partial charge is 0.357 e. The highest BCUT2D eigenvalue weighted by Crippen LogP contribution is 2.11. The number of guanidine groups is 1. The molecule has 0 saturated heterocycles. The summed E-state index contributed by atoms with van der Waals surface area (Å²) in [4.78, 5) is 10.1. The molecule has 0 saturated carbocycles. The molecule has 0 amide bonds. The van der Waals surface area contributed by atoms with E-state index in [-0.39, 0.29) is 29.8 Å². The Morgan fingerprint density at radius 1 is 1.29 bits per heavy atom. The van der Waals surface area contributed by atoms with E-state index in [0.717, 1.165) is 36.0 Å². The third kappa shape index (κ3) is 6.72. The van der Waals surface area contributed by atoms with Crippen LogP contribution < -0.4 is 10.6 Å². The summed E-state index contributed by atoms with van der Waals surface area (Å²) >= 11 is 1.71. The molecule has 1 aromatic carbocycles. The zero-order chi connectivity index (χ0) is 16.7. The van der Waals surface area contributed by atoms with Crippen molar-refractivity contribution in [2.24, 2.45) is 4.99 Å². The number of aromatic nitrogens is 1. The maximum Gasteiger partial charge on any atom is 0.191 e. The molecule has 1 heterocycles. The summed E-state index contributed by atoms with van der Waals surface area (Å²) in [5, 5.41) is 7.60. The molecule has 132 valence electrons. The highest BCUT2D eigenvalue weighted by atomic mass is 127. The summed E-state index contributed by atoms with van der Waals surface area (Å²) in [6.07, 6.45) is 2.76. The van der Waals surface area contributed by atoms with Gasteiger partial charge in [0.25, 0.3) is 0 Å². The molecule has 0 unspecified atom stereocenters. The molecule has 7 heteroatoms. The van der Waals surface area contributed by atoms with Gasteiger partial charge in [0.2, 0.25) is 0 Å². The minimum Gasteiger partial charge on any atom is -0.357 e. The highest BCUT2D eigenvalue weighted by Gasteiger charge is 2.02. The van der Waals surface area contributed by atoms with Gasteiger partial charge in [-0.2, -0.15) is 0 Å². The van der Waals surface area contributed by atoms with Crippen LogP contribution in [0.5, 0.6) is 0 Å². The molecule has 0 aliphatic rings. The number of nitrogens with one attached hydrogen (secondary N) is 2. The Morgan fingerprint density at radius 2 is 2.08 bits per heavy atom. The van der Waals surface area contributed by atoms with Crippen LogP contribution in [0.2, 0.25) is 0 Å². The quantitative estimate of drug-likeness (QED) is 0.390. The van der Waals surface area contributed by atoms with E-state index in [0.29, 0.717) is 12.1 Å². The Bertz CT molecular complexity index is 672. The van der Waals surface area contributed by atoms with Crippen molar-refractivity contribution < 1.29 is 4.39 Å². The molecular formula is C17H24FIN4S. The normalized spacial score (nSPS) is 11.1. The van der Waals surface area contributed by atoms with Gasteiger partial charge in [-0.1, -0.05) is 12.1 Å². The van der Waals surface area contributed by atoms with Gasteiger partial charge in [0.15, 0.2) is 5.96 Å². The van der Waals surface area contributed by atoms with Crippen LogP contribution in [0.15, 0.2) is 29.4 Å². The fraction of sp³-hybridized carbons (Fsp3) is 0.412. The van der Waals surface area contributed by atoms with E-state index >= 15 is 0 Å². The summed E-state index contributed by atoms with van der Waals surface area (Å²) in [5.41, 5.74) is 1.52. The Kier molecular flexibility index (Phi) is 9.20. The van der Waals surface area contributed by atoms with Gasteiger partial charge in [-0.3, -0.25) is 0 Å². The van der Waals surface area contributed by atoms with Crippen molar-refractivity contribution >= 4 is 41.3 Å². The van der Waals surface area contributed by atoms with E-state index in [1.807, 2.05) is 19.2 Å². The van der Waals surface area contributed by atoms with Gasteiger partial charge >= 0.3 is 0 Å². The van der Waals surface area contributed by atoms with E-state index in [9.17, 15) is 4.39 Å². The number of aliphatic imine (C=N–C) groups is 1. The maximum atomic E-state index is 13.6. The predicted molar refractivity (Wildman–Crippen MR) is 110 cm³/mol. The fourth-order valence-corrected chi connectivity index (χ4v) is 2.84. The Morgan fingerprint density at radius 3 is 2.71 bits per heavy atom. The molecule has 4 nitrogen and oxygen atoms in total. The van der Waals surface area contributed by atoms with Gasteiger partial charge in [-0.25, -0.2) is 14.4 Å². The van der Waals surface area contributed by atoms with Gasteiger partial charge in [-0.15, -0.1) is 35.3 Å². The second-order valence-electron chi connectivity index (χ2n) is 5.32. The monoisotopic (exact) mass is 462 g/mol. The average Bonchev–Trinajstić information content (AvgIpc) is 2.93. The van der Waals surface area contributed by atoms with Crippen molar-refractivity contribution in [2.75, 3.05) is 13.1 Å². The second kappa shape index (κ2) is 10.6. The maximum absolute atomic E-state index is 13.6. The van der Waals surface area contributed by atoms with E-state index in [2.05, 4.69) is 27.5 Å². The molecule has 1 aromatic heterocycles. The topological polar surface area (TPSA) is 49.3 Å². The molecule has 24 heavy (non-hydrogen) atoms. The number of aryl methyl sites for hydroxylation is 2. The number of rotatable bonds is 6. The molecule has 0 fully saturated rings. The molecule has 2 aromatic rings. The Labute approximate surface area is 164 Å². The van der Waals surface area contributed by atoms with Crippen LogP contribution in [-0.4, -0.2) is 24.0 Å². The third-order valence-electron chi connectivity index (χ3n) is 3.30. The van der Waals surface area contributed by atoms with Gasteiger partial charge in [0, 0.05) is 30.6 Å². The van der Waals surface area contributed by atoms with Crippen molar-refractivity contribution in [1.82, 2.24) is 15.6 Å². The van der Waals surface area contributed by atoms with Crippen molar-refractivity contribution in [3.05, 3.63) is 51.2 Å². The fourth-order valence-electron chi connectivity index (χ4n) is 2.05. The van der Waals surface area contributed by atoms with E-state index < -0.39 is 0 Å². The second-order valence-corrected chi connectivity index (χ2v) is 6.64. The number of halogens is 2. The molecule has 0 radical (unpaired) electrons. The lowest BCUT2D eigenvalue weighted by atomic mass is 10.1.